The molecular weight excluding hydrogens is 388 g/mol. The molecule has 10 heteroatoms. The lowest BCUT2D eigenvalue weighted by molar-refractivity contribution is -0.133. The second-order valence-electron chi connectivity index (χ2n) is 4.88. The normalized spacial score (nSPS) is 11.6. The van der Waals surface area contributed by atoms with E-state index in [-0.39, 0.29) is 26.6 Å². The third-order valence-corrected chi connectivity index (χ3v) is 5.59. The summed E-state index contributed by atoms with van der Waals surface area (Å²) >= 11 is 6.88. The molecule has 0 aliphatic carbocycles. The van der Waals surface area contributed by atoms with Crippen LogP contribution in [0, 0.1) is 0 Å². The maximum Gasteiger partial charge on any atom is 0.314 e. The van der Waals surface area contributed by atoms with Crippen molar-refractivity contribution in [2.24, 2.45) is 0 Å². The van der Waals surface area contributed by atoms with Crippen molar-refractivity contribution in [3.8, 4) is 0 Å². The van der Waals surface area contributed by atoms with Crippen LogP contribution in [-0.4, -0.2) is 30.2 Å². The number of carbonyl (C=O) groups is 1. The molecule has 130 valence electrons. The van der Waals surface area contributed by atoms with Crippen molar-refractivity contribution in [1.29, 1.82) is 0 Å². The van der Waals surface area contributed by atoms with E-state index in [0.717, 1.165) is 11.8 Å². The summed E-state index contributed by atoms with van der Waals surface area (Å²) in [6.45, 7) is 0. The van der Waals surface area contributed by atoms with Gasteiger partial charge in [-0.25, -0.2) is 13.4 Å². The molecule has 2 N–H and O–H groups in total. The third kappa shape index (κ3) is 4.06. The molecule has 7 nitrogen and oxygen atoms in total. The molecule has 0 bridgehead atoms. The number of sulfonamides is 1. The number of hydrogen-bond acceptors (Lipinski definition) is 6. The van der Waals surface area contributed by atoms with Crippen molar-refractivity contribution >= 4 is 56.1 Å². The predicted molar refractivity (Wildman–Crippen MR) is 94.6 cm³/mol. The van der Waals surface area contributed by atoms with Crippen molar-refractivity contribution in [1.82, 2.24) is 4.98 Å². The van der Waals surface area contributed by atoms with Crippen LogP contribution in [0.5, 0.6) is 0 Å². The van der Waals surface area contributed by atoms with Gasteiger partial charge in [-0.15, -0.1) is 0 Å². The summed E-state index contributed by atoms with van der Waals surface area (Å²) in [5.74, 6) is -1.20. The number of rotatable bonds is 6. The third-order valence-electron chi connectivity index (χ3n) is 3.09. The van der Waals surface area contributed by atoms with E-state index < -0.39 is 16.0 Å². The molecule has 0 radical (unpaired) electrons. The number of thioether (sulfide) groups is 1. The quantitative estimate of drug-likeness (QED) is 0.612. The standard InChI is InChI=1S/C15H11ClN2O5S2/c16-10-3-1-2-4-11(10)18-25(21,22)9-5-6-13-12(7-9)17-15(23-13)24-8-14(19)20/h1-7,18H,8H2,(H,19,20). The highest BCUT2D eigenvalue weighted by Gasteiger charge is 2.18. The molecule has 1 aromatic heterocycles. The smallest absolute Gasteiger partial charge is 0.314 e. The Morgan fingerprint density at radius 2 is 2.04 bits per heavy atom. The zero-order valence-electron chi connectivity index (χ0n) is 12.5. The highest BCUT2D eigenvalue weighted by Crippen LogP contribution is 2.27. The fraction of sp³-hybridized carbons (Fsp3) is 0.0667. The lowest BCUT2D eigenvalue weighted by Gasteiger charge is -2.09. The first-order valence-corrected chi connectivity index (χ1v) is 9.72. The van der Waals surface area contributed by atoms with Crippen molar-refractivity contribution in [3.05, 3.63) is 47.5 Å². The van der Waals surface area contributed by atoms with Gasteiger partial charge in [0.15, 0.2) is 5.58 Å². The van der Waals surface area contributed by atoms with Crippen LogP contribution in [0.2, 0.25) is 5.02 Å². The fourth-order valence-electron chi connectivity index (χ4n) is 1.99. The van der Waals surface area contributed by atoms with E-state index in [0.29, 0.717) is 11.1 Å². The maximum absolute atomic E-state index is 12.5. The Bertz CT molecular complexity index is 1050. The summed E-state index contributed by atoms with van der Waals surface area (Å²) in [5.41, 5.74) is 0.946. The molecule has 0 amide bonds. The van der Waals surface area contributed by atoms with E-state index in [1.165, 1.54) is 18.2 Å². The van der Waals surface area contributed by atoms with E-state index in [1.54, 1.807) is 24.3 Å². The number of oxazole rings is 1. The van der Waals surface area contributed by atoms with Crippen LogP contribution in [0.25, 0.3) is 11.1 Å². The molecule has 2 aromatic carbocycles. The van der Waals surface area contributed by atoms with Crippen LogP contribution in [0.15, 0.2) is 57.0 Å². The number of halogens is 1. The fourth-order valence-corrected chi connectivity index (χ4v) is 3.88. The molecule has 0 spiro atoms. The Hall–Kier alpha value is -2.23. The minimum absolute atomic E-state index is 0.0111. The summed E-state index contributed by atoms with van der Waals surface area (Å²) in [6, 6.07) is 10.7. The highest BCUT2D eigenvalue weighted by molar-refractivity contribution is 7.99. The number of nitrogens with one attached hydrogen (secondary N) is 1. The average molecular weight is 399 g/mol. The Balaban J connectivity index is 1.89. The van der Waals surface area contributed by atoms with E-state index in [9.17, 15) is 13.2 Å². The first kappa shape index (κ1) is 17.6. The van der Waals surface area contributed by atoms with E-state index in [4.69, 9.17) is 21.1 Å². The summed E-state index contributed by atoms with van der Waals surface area (Å²) in [5, 5.41) is 9.11. The summed E-state index contributed by atoms with van der Waals surface area (Å²) in [7, 11) is -3.86. The number of carboxylic acid groups (broad SMARTS) is 1. The van der Waals surface area contributed by atoms with E-state index in [1.807, 2.05) is 0 Å². The van der Waals surface area contributed by atoms with Crippen molar-refractivity contribution in [3.63, 3.8) is 0 Å². The molecule has 0 saturated carbocycles. The second-order valence-corrected chi connectivity index (χ2v) is 7.89. The van der Waals surface area contributed by atoms with E-state index in [2.05, 4.69) is 9.71 Å². The summed E-state index contributed by atoms with van der Waals surface area (Å²) < 4.78 is 32.8. The molecule has 1 heterocycles. The van der Waals surface area contributed by atoms with Crippen molar-refractivity contribution in [2.75, 3.05) is 10.5 Å². The summed E-state index contributed by atoms with van der Waals surface area (Å²) in [4.78, 5) is 14.7. The molecule has 0 atom stereocenters. The number of anilines is 1. The lowest BCUT2D eigenvalue weighted by atomic mass is 10.3. The first-order chi connectivity index (χ1) is 11.8. The molecule has 3 rings (SSSR count). The Labute approximate surface area is 152 Å². The number of aromatic nitrogens is 1. The molecule has 0 fully saturated rings. The second kappa shape index (κ2) is 6.95. The van der Waals surface area contributed by atoms with Crippen LogP contribution < -0.4 is 4.72 Å². The van der Waals surface area contributed by atoms with Crippen molar-refractivity contribution in [2.45, 2.75) is 10.1 Å². The number of nitrogens with zero attached hydrogens (tertiary/aromatic N) is 1. The SMILES string of the molecule is O=C(O)CSc1nc2cc(S(=O)(=O)Nc3ccccc3Cl)ccc2o1. The number of aliphatic carboxylic acids is 1. The Kier molecular flexibility index (Phi) is 4.89. The molecule has 0 aliphatic heterocycles. The van der Waals surface area contributed by atoms with Gasteiger partial charge in [-0.2, -0.15) is 0 Å². The van der Waals surface area contributed by atoms with Crippen LogP contribution in [0.3, 0.4) is 0 Å². The zero-order valence-corrected chi connectivity index (χ0v) is 14.9. The van der Waals surface area contributed by atoms with Gasteiger partial charge in [-0.1, -0.05) is 35.5 Å². The Morgan fingerprint density at radius 3 is 2.76 bits per heavy atom. The topological polar surface area (TPSA) is 109 Å². The maximum atomic E-state index is 12.5. The minimum Gasteiger partial charge on any atom is -0.481 e. The van der Waals surface area contributed by atoms with Gasteiger partial charge >= 0.3 is 5.97 Å². The molecule has 25 heavy (non-hydrogen) atoms. The van der Waals surface area contributed by atoms with Gasteiger partial charge in [-0.05, 0) is 30.3 Å². The largest absolute Gasteiger partial charge is 0.481 e. The van der Waals surface area contributed by atoms with Gasteiger partial charge in [0.25, 0.3) is 15.2 Å². The van der Waals surface area contributed by atoms with Crippen LogP contribution >= 0.6 is 23.4 Å². The highest BCUT2D eigenvalue weighted by atomic mass is 35.5. The molecule has 0 saturated heterocycles. The van der Waals surface area contributed by atoms with Crippen molar-refractivity contribution < 1.29 is 22.7 Å². The summed E-state index contributed by atoms with van der Waals surface area (Å²) in [6.07, 6.45) is 0. The van der Waals surface area contributed by atoms with Gasteiger partial charge in [0, 0.05) is 0 Å². The molecular formula is C15H11ClN2O5S2. The number of para-hydroxylation sites is 1. The van der Waals surface area contributed by atoms with Crippen LogP contribution in [0.1, 0.15) is 0 Å². The Morgan fingerprint density at radius 1 is 1.28 bits per heavy atom. The minimum atomic E-state index is -3.86. The van der Waals surface area contributed by atoms with E-state index >= 15 is 0 Å². The number of hydrogen-bond donors (Lipinski definition) is 2. The van der Waals surface area contributed by atoms with Gasteiger partial charge in [-0.3, -0.25) is 9.52 Å². The molecule has 0 aliphatic rings. The molecule has 3 aromatic rings. The first-order valence-electron chi connectivity index (χ1n) is 6.88. The van der Waals surface area contributed by atoms with Gasteiger partial charge in [0.1, 0.15) is 11.3 Å². The number of fused-ring (bicyclic) bond motifs is 1. The zero-order chi connectivity index (χ0) is 18.0. The number of benzene rings is 2. The average Bonchev–Trinajstić information content (AvgIpc) is 2.97. The number of carboxylic acids is 1. The predicted octanol–water partition coefficient (Wildman–Crippen LogP) is 3.46. The van der Waals surface area contributed by atoms with Gasteiger partial charge in [0.2, 0.25) is 0 Å². The van der Waals surface area contributed by atoms with Crippen LogP contribution in [0.4, 0.5) is 5.69 Å². The van der Waals surface area contributed by atoms with Gasteiger partial charge < -0.3 is 9.52 Å². The lowest BCUT2D eigenvalue weighted by Crippen LogP contribution is -2.13. The van der Waals surface area contributed by atoms with Gasteiger partial charge in [0.05, 0.1) is 15.6 Å². The monoisotopic (exact) mass is 398 g/mol. The van der Waals surface area contributed by atoms with Crippen LogP contribution in [-0.2, 0) is 14.8 Å². The molecule has 0 unspecified atom stereocenters.